The predicted molar refractivity (Wildman–Crippen MR) is 89.8 cm³/mol. The summed E-state index contributed by atoms with van der Waals surface area (Å²) in [5.74, 6) is 0.556. The summed E-state index contributed by atoms with van der Waals surface area (Å²) in [5, 5.41) is 3.55. The van der Waals surface area contributed by atoms with Gasteiger partial charge in [-0.2, -0.15) is 0 Å². The Balaban J connectivity index is 1.49. The molecule has 0 aliphatic heterocycles. The third-order valence-corrected chi connectivity index (χ3v) is 4.38. The first kappa shape index (κ1) is 15.8. The Morgan fingerprint density at radius 3 is 2.52 bits per heavy atom. The number of nitrogens with zero attached hydrogens (tertiary/aromatic N) is 1. The van der Waals surface area contributed by atoms with Gasteiger partial charge in [-0.1, -0.05) is 29.8 Å². The van der Waals surface area contributed by atoms with Crippen LogP contribution >= 0.6 is 11.6 Å². The molecule has 1 amide bonds. The zero-order valence-electron chi connectivity index (χ0n) is 12.7. The quantitative estimate of drug-likeness (QED) is 0.926. The second-order valence-electron chi connectivity index (χ2n) is 5.71. The Labute approximate surface area is 140 Å². The van der Waals surface area contributed by atoms with E-state index in [-0.39, 0.29) is 18.1 Å². The Morgan fingerprint density at radius 2 is 1.83 bits per heavy atom. The van der Waals surface area contributed by atoms with Crippen molar-refractivity contribution in [3.05, 3.63) is 59.2 Å². The Bertz CT molecular complexity index is 655. The van der Waals surface area contributed by atoms with E-state index in [4.69, 9.17) is 16.3 Å². The molecule has 0 spiro atoms. The fraction of sp³-hybridized carbons (Fsp3) is 0.333. The molecule has 0 bridgehead atoms. The average Bonchev–Trinajstić information content (AvgIpc) is 2.58. The number of benzene rings is 1. The summed E-state index contributed by atoms with van der Waals surface area (Å²) < 4.78 is 5.87. The van der Waals surface area contributed by atoms with E-state index in [2.05, 4.69) is 10.3 Å². The molecule has 1 N–H and O–H groups in total. The van der Waals surface area contributed by atoms with Gasteiger partial charge in [-0.15, -0.1) is 0 Å². The standard InChI is InChI=1S/C18H19ClN2O2/c19-16-6-2-1-5-15(16)18(22)21-13-8-10-14(11-9-13)23-17-7-3-4-12-20-17/h1-7,12-14H,8-11H2,(H,21,22). The van der Waals surface area contributed by atoms with Crippen molar-refractivity contribution >= 4 is 17.5 Å². The normalized spacial score (nSPS) is 20.7. The van der Waals surface area contributed by atoms with E-state index in [1.165, 1.54) is 0 Å². The highest BCUT2D eigenvalue weighted by atomic mass is 35.5. The van der Waals surface area contributed by atoms with E-state index < -0.39 is 0 Å². The Hall–Kier alpha value is -2.07. The number of hydrogen-bond donors (Lipinski definition) is 1. The average molecular weight is 331 g/mol. The number of hydrogen-bond acceptors (Lipinski definition) is 3. The maximum absolute atomic E-state index is 12.3. The Morgan fingerprint density at radius 1 is 1.09 bits per heavy atom. The third-order valence-electron chi connectivity index (χ3n) is 4.05. The molecule has 5 heteroatoms. The summed E-state index contributed by atoms with van der Waals surface area (Å²) in [4.78, 5) is 16.5. The molecule has 1 saturated carbocycles. The first-order valence-corrected chi connectivity index (χ1v) is 8.23. The van der Waals surface area contributed by atoms with Gasteiger partial charge >= 0.3 is 0 Å². The molecular weight excluding hydrogens is 312 g/mol. The van der Waals surface area contributed by atoms with Crippen LogP contribution in [0.4, 0.5) is 0 Å². The van der Waals surface area contributed by atoms with Crippen LogP contribution in [0, 0.1) is 0 Å². The lowest BCUT2D eigenvalue weighted by molar-refractivity contribution is 0.0890. The number of rotatable bonds is 4. The summed E-state index contributed by atoms with van der Waals surface area (Å²) in [7, 11) is 0. The van der Waals surface area contributed by atoms with Crippen LogP contribution in [0.5, 0.6) is 5.88 Å². The molecule has 0 unspecified atom stereocenters. The first-order chi connectivity index (χ1) is 11.2. The van der Waals surface area contributed by atoms with Crippen molar-refractivity contribution < 1.29 is 9.53 Å². The number of halogens is 1. The highest BCUT2D eigenvalue weighted by molar-refractivity contribution is 6.33. The molecule has 0 atom stereocenters. The van der Waals surface area contributed by atoms with Crippen molar-refractivity contribution in [3.8, 4) is 5.88 Å². The number of aromatic nitrogens is 1. The number of carbonyl (C=O) groups is 1. The number of carbonyl (C=O) groups excluding carboxylic acids is 1. The lowest BCUT2D eigenvalue weighted by Gasteiger charge is -2.29. The number of pyridine rings is 1. The van der Waals surface area contributed by atoms with Gasteiger partial charge in [0, 0.05) is 18.3 Å². The zero-order chi connectivity index (χ0) is 16.1. The van der Waals surface area contributed by atoms with Crippen molar-refractivity contribution in [1.29, 1.82) is 0 Å². The fourth-order valence-corrected chi connectivity index (χ4v) is 3.04. The largest absolute Gasteiger partial charge is 0.474 e. The van der Waals surface area contributed by atoms with Gasteiger partial charge in [0.05, 0.1) is 10.6 Å². The molecule has 1 heterocycles. The van der Waals surface area contributed by atoms with Crippen LogP contribution in [0.1, 0.15) is 36.0 Å². The molecule has 1 aromatic heterocycles. The maximum atomic E-state index is 12.3. The number of ether oxygens (including phenoxy) is 1. The molecule has 1 aliphatic carbocycles. The highest BCUT2D eigenvalue weighted by Crippen LogP contribution is 2.23. The van der Waals surface area contributed by atoms with Crippen LogP contribution in [-0.4, -0.2) is 23.0 Å². The number of amides is 1. The molecule has 0 saturated heterocycles. The molecule has 120 valence electrons. The second kappa shape index (κ2) is 7.47. The molecular formula is C18H19ClN2O2. The van der Waals surface area contributed by atoms with Crippen LogP contribution in [0.15, 0.2) is 48.7 Å². The van der Waals surface area contributed by atoms with Crippen LogP contribution in [0.2, 0.25) is 5.02 Å². The van der Waals surface area contributed by atoms with Crippen molar-refractivity contribution in [2.45, 2.75) is 37.8 Å². The van der Waals surface area contributed by atoms with Crippen LogP contribution in [0.25, 0.3) is 0 Å². The fourth-order valence-electron chi connectivity index (χ4n) is 2.82. The smallest absolute Gasteiger partial charge is 0.253 e. The van der Waals surface area contributed by atoms with E-state index in [9.17, 15) is 4.79 Å². The molecule has 23 heavy (non-hydrogen) atoms. The summed E-state index contributed by atoms with van der Waals surface area (Å²) in [5.41, 5.74) is 0.529. The van der Waals surface area contributed by atoms with Crippen molar-refractivity contribution in [3.63, 3.8) is 0 Å². The minimum Gasteiger partial charge on any atom is -0.474 e. The molecule has 1 aromatic carbocycles. The van der Waals surface area contributed by atoms with Gasteiger partial charge in [0.2, 0.25) is 5.88 Å². The molecule has 2 aromatic rings. The molecule has 1 aliphatic rings. The van der Waals surface area contributed by atoms with Crippen LogP contribution < -0.4 is 10.1 Å². The van der Waals surface area contributed by atoms with E-state index in [0.717, 1.165) is 25.7 Å². The van der Waals surface area contributed by atoms with E-state index in [1.807, 2.05) is 30.3 Å². The molecule has 0 radical (unpaired) electrons. The predicted octanol–water partition coefficient (Wildman–Crippen LogP) is 3.86. The third kappa shape index (κ3) is 4.23. The minimum atomic E-state index is -0.107. The van der Waals surface area contributed by atoms with E-state index in [0.29, 0.717) is 16.5 Å². The van der Waals surface area contributed by atoms with Gasteiger partial charge in [-0.3, -0.25) is 4.79 Å². The molecule has 4 nitrogen and oxygen atoms in total. The summed E-state index contributed by atoms with van der Waals surface area (Å²) in [6, 6.07) is 12.9. The van der Waals surface area contributed by atoms with Gasteiger partial charge in [0.15, 0.2) is 0 Å². The summed E-state index contributed by atoms with van der Waals surface area (Å²) in [6.07, 6.45) is 5.50. The summed E-state index contributed by atoms with van der Waals surface area (Å²) in [6.45, 7) is 0. The molecule has 1 fully saturated rings. The van der Waals surface area contributed by atoms with Crippen molar-refractivity contribution in [2.24, 2.45) is 0 Å². The van der Waals surface area contributed by atoms with Gasteiger partial charge in [-0.25, -0.2) is 4.98 Å². The van der Waals surface area contributed by atoms with Gasteiger partial charge < -0.3 is 10.1 Å². The monoisotopic (exact) mass is 330 g/mol. The van der Waals surface area contributed by atoms with Gasteiger partial charge in [-0.05, 0) is 43.9 Å². The Kier molecular flexibility index (Phi) is 5.13. The SMILES string of the molecule is O=C(NC1CCC(Oc2ccccn2)CC1)c1ccccc1Cl. The summed E-state index contributed by atoms with van der Waals surface area (Å²) >= 11 is 6.06. The lowest BCUT2D eigenvalue weighted by Crippen LogP contribution is -2.39. The van der Waals surface area contributed by atoms with E-state index in [1.54, 1.807) is 18.3 Å². The number of nitrogens with one attached hydrogen (secondary N) is 1. The highest BCUT2D eigenvalue weighted by Gasteiger charge is 2.24. The van der Waals surface area contributed by atoms with Gasteiger partial charge in [0.25, 0.3) is 5.91 Å². The van der Waals surface area contributed by atoms with Crippen LogP contribution in [0.3, 0.4) is 0 Å². The zero-order valence-corrected chi connectivity index (χ0v) is 13.5. The van der Waals surface area contributed by atoms with Crippen molar-refractivity contribution in [2.75, 3.05) is 0 Å². The van der Waals surface area contributed by atoms with Crippen LogP contribution in [-0.2, 0) is 0 Å². The molecule has 3 rings (SSSR count). The second-order valence-corrected chi connectivity index (χ2v) is 6.12. The minimum absolute atomic E-state index is 0.107. The maximum Gasteiger partial charge on any atom is 0.253 e. The topological polar surface area (TPSA) is 51.2 Å². The first-order valence-electron chi connectivity index (χ1n) is 7.85. The lowest BCUT2D eigenvalue weighted by atomic mass is 9.92. The van der Waals surface area contributed by atoms with E-state index >= 15 is 0 Å². The van der Waals surface area contributed by atoms with Gasteiger partial charge in [0.1, 0.15) is 6.10 Å². The van der Waals surface area contributed by atoms with Crippen molar-refractivity contribution in [1.82, 2.24) is 10.3 Å².